The van der Waals surface area contributed by atoms with Gasteiger partial charge in [0, 0.05) is 23.4 Å². The molecule has 0 unspecified atom stereocenters. The van der Waals surface area contributed by atoms with Gasteiger partial charge in [-0.25, -0.2) is 13.8 Å². The summed E-state index contributed by atoms with van der Waals surface area (Å²) in [7, 11) is 0. The van der Waals surface area contributed by atoms with Gasteiger partial charge in [-0.05, 0) is 43.0 Å². The fourth-order valence-electron chi connectivity index (χ4n) is 2.30. The van der Waals surface area contributed by atoms with Gasteiger partial charge in [-0.1, -0.05) is 6.07 Å². The summed E-state index contributed by atoms with van der Waals surface area (Å²) in [5, 5.41) is 9.85. The van der Waals surface area contributed by atoms with E-state index in [-0.39, 0.29) is 19.4 Å². The zero-order chi connectivity index (χ0) is 17.8. The first kappa shape index (κ1) is 17.7. The van der Waals surface area contributed by atoms with Crippen molar-refractivity contribution in [2.45, 2.75) is 36.0 Å². The minimum absolute atomic E-state index is 0.0604. The number of hydrogen-bond donors (Lipinski definition) is 1. The molecule has 1 saturated carbocycles. The lowest BCUT2D eigenvalue weighted by molar-refractivity contribution is -0.137. The number of ether oxygens (including phenoxy) is 1. The second-order valence-corrected chi connectivity index (χ2v) is 7.08. The number of thioether (sulfide) groups is 1. The SMILES string of the molecule is O=C(O)CCCOc1c(F)cc(-c2cccnc2SC2CC2)cc1F. The van der Waals surface area contributed by atoms with Crippen LogP contribution in [0.5, 0.6) is 5.75 Å². The van der Waals surface area contributed by atoms with E-state index in [0.29, 0.717) is 16.4 Å². The molecule has 25 heavy (non-hydrogen) atoms. The van der Waals surface area contributed by atoms with Crippen LogP contribution in [0.4, 0.5) is 8.78 Å². The Morgan fingerprint density at radius 3 is 2.68 bits per heavy atom. The normalized spacial score (nSPS) is 13.7. The summed E-state index contributed by atoms with van der Waals surface area (Å²) in [6.07, 6.45) is 4.00. The number of benzene rings is 1. The summed E-state index contributed by atoms with van der Waals surface area (Å²) in [6.45, 7) is -0.0604. The van der Waals surface area contributed by atoms with E-state index in [4.69, 9.17) is 9.84 Å². The van der Waals surface area contributed by atoms with Gasteiger partial charge in [-0.2, -0.15) is 0 Å². The molecular weight excluding hydrogens is 348 g/mol. The van der Waals surface area contributed by atoms with Crippen LogP contribution in [0.3, 0.4) is 0 Å². The van der Waals surface area contributed by atoms with Crippen LogP contribution in [0.25, 0.3) is 11.1 Å². The third kappa shape index (κ3) is 4.69. The summed E-state index contributed by atoms with van der Waals surface area (Å²) in [4.78, 5) is 14.8. The maximum absolute atomic E-state index is 14.3. The van der Waals surface area contributed by atoms with Gasteiger partial charge in [0.05, 0.1) is 6.61 Å². The first-order chi connectivity index (χ1) is 12.0. The number of carboxylic acids is 1. The summed E-state index contributed by atoms with van der Waals surface area (Å²) < 4.78 is 33.6. The van der Waals surface area contributed by atoms with Crippen LogP contribution in [0.2, 0.25) is 0 Å². The van der Waals surface area contributed by atoms with Crippen molar-refractivity contribution in [1.82, 2.24) is 4.98 Å². The first-order valence-corrected chi connectivity index (χ1v) is 8.88. The molecule has 4 nitrogen and oxygen atoms in total. The highest BCUT2D eigenvalue weighted by molar-refractivity contribution is 8.00. The van der Waals surface area contributed by atoms with Crippen LogP contribution in [0, 0.1) is 11.6 Å². The quantitative estimate of drug-likeness (QED) is 0.697. The standard InChI is InChI=1S/C18H17F2NO3S/c19-14-9-11(10-15(20)17(14)24-8-2-4-16(22)23)13-3-1-7-21-18(13)25-12-5-6-12/h1,3,7,9-10,12H,2,4-6,8H2,(H,22,23). The molecule has 1 heterocycles. The van der Waals surface area contributed by atoms with Crippen molar-refractivity contribution in [2.24, 2.45) is 0 Å². The molecule has 0 amide bonds. The summed E-state index contributed by atoms with van der Waals surface area (Å²) in [5.74, 6) is -3.07. The summed E-state index contributed by atoms with van der Waals surface area (Å²) in [6, 6.07) is 5.98. The van der Waals surface area contributed by atoms with Crippen molar-refractivity contribution >= 4 is 17.7 Å². The predicted octanol–water partition coefficient (Wildman–Crippen LogP) is 4.52. The second kappa shape index (κ2) is 7.82. The second-order valence-electron chi connectivity index (χ2n) is 5.79. The maximum Gasteiger partial charge on any atom is 0.303 e. The van der Waals surface area contributed by atoms with Gasteiger partial charge in [0.1, 0.15) is 5.03 Å². The number of aromatic nitrogens is 1. The van der Waals surface area contributed by atoms with E-state index in [1.54, 1.807) is 30.1 Å². The third-order valence-corrected chi connectivity index (χ3v) is 5.02. The van der Waals surface area contributed by atoms with Crippen molar-refractivity contribution in [1.29, 1.82) is 0 Å². The zero-order valence-corrected chi connectivity index (χ0v) is 14.2. The lowest BCUT2D eigenvalue weighted by Gasteiger charge is -2.12. The van der Waals surface area contributed by atoms with Crippen molar-refractivity contribution < 1.29 is 23.4 Å². The molecule has 0 spiro atoms. The van der Waals surface area contributed by atoms with Crippen LogP contribution in [-0.4, -0.2) is 27.9 Å². The Labute approximate surface area is 148 Å². The van der Waals surface area contributed by atoms with Crippen molar-refractivity contribution in [3.8, 4) is 16.9 Å². The molecule has 1 aromatic carbocycles. The van der Waals surface area contributed by atoms with Crippen LogP contribution in [-0.2, 0) is 4.79 Å². The van der Waals surface area contributed by atoms with Gasteiger partial charge in [0.15, 0.2) is 17.4 Å². The number of aliphatic carboxylic acids is 1. The lowest BCUT2D eigenvalue weighted by atomic mass is 10.1. The lowest BCUT2D eigenvalue weighted by Crippen LogP contribution is -2.05. The molecule has 2 aromatic rings. The Hall–Kier alpha value is -2.15. The predicted molar refractivity (Wildman–Crippen MR) is 90.8 cm³/mol. The highest BCUT2D eigenvalue weighted by atomic mass is 32.2. The van der Waals surface area contributed by atoms with Crippen LogP contribution in [0.15, 0.2) is 35.5 Å². The molecule has 1 fully saturated rings. The molecule has 7 heteroatoms. The average Bonchev–Trinajstić information content (AvgIpc) is 3.37. The highest BCUT2D eigenvalue weighted by Crippen LogP contribution is 2.42. The van der Waals surface area contributed by atoms with Gasteiger partial charge in [-0.15, -0.1) is 11.8 Å². The summed E-state index contributed by atoms with van der Waals surface area (Å²) >= 11 is 1.62. The fourth-order valence-corrected chi connectivity index (χ4v) is 3.42. The number of hydrogen-bond acceptors (Lipinski definition) is 4. The van der Waals surface area contributed by atoms with Gasteiger partial charge in [-0.3, -0.25) is 4.79 Å². The third-order valence-electron chi connectivity index (χ3n) is 3.66. The minimum Gasteiger partial charge on any atom is -0.488 e. The molecular formula is C18H17F2NO3S. The van der Waals surface area contributed by atoms with Gasteiger partial charge >= 0.3 is 5.97 Å². The number of carbonyl (C=O) groups is 1. The molecule has 0 aliphatic heterocycles. The van der Waals surface area contributed by atoms with E-state index in [9.17, 15) is 13.6 Å². The molecule has 0 saturated heterocycles. The molecule has 1 aromatic heterocycles. The number of rotatable bonds is 8. The first-order valence-electron chi connectivity index (χ1n) is 8.00. The Morgan fingerprint density at radius 1 is 1.32 bits per heavy atom. The Bertz CT molecular complexity index is 758. The number of carboxylic acid groups (broad SMARTS) is 1. The minimum atomic E-state index is -0.975. The topological polar surface area (TPSA) is 59.4 Å². The van der Waals surface area contributed by atoms with E-state index >= 15 is 0 Å². The van der Waals surface area contributed by atoms with E-state index in [1.165, 1.54) is 12.1 Å². The molecule has 0 radical (unpaired) electrons. The van der Waals surface area contributed by atoms with E-state index < -0.39 is 23.4 Å². The largest absolute Gasteiger partial charge is 0.488 e. The maximum atomic E-state index is 14.3. The van der Waals surface area contributed by atoms with E-state index in [2.05, 4.69) is 4.98 Å². The van der Waals surface area contributed by atoms with Crippen LogP contribution >= 0.6 is 11.8 Å². The Balaban J connectivity index is 1.79. The smallest absolute Gasteiger partial charge is 0.303 e. The van der Waals surface area contributed by atoms with Gasteiger partial charge in [0.25, 0.3) is 0 Å². The van der Waals surface area contributed by atoms with Crippen LogP contribution < -0.4 is 4.74 Å². The molecule has 1 aliphatic rings. The monoisotopic (exact) mass is 365 g/mol. The Kier molecular flexibility index (Phi) is 5.53. The van der Waals surface area contributed by atoms with Gasteiger partial charge < -0.3 is 9.84 Å². The van der Waals surface area contributed by atoms with Gasteiger partial charge in [0.2, 0.25) is 0 Å². The van der Waals surface area contributed by atoms with Crippen molar-refractivity contribution in [3.63, 3.8) is 0 Å². The van der Waals surface area contributed by atoms with E-state index in [0.717, 1.165) is 17.9 Å². The van der Waals surface area contributed by atoms with Crippen molar-refractivity contribution in [3.05, 3.63) is 42.1 Å². The molecule has 0 bridgehead atoms. The molecule has 1 N–H and O–H groups in total. The molecule has 132 valence electrons. The van der Waals surface area contributed by atoms with Crippen LogP contribution in [0.1, 0.15) is 25.7 Å². The van der Waals surface area contributed by atoms with E-state index in [1.807, 2.05) is 0 Å². The fraction of sp³-hybridized carbons (Fsp3) is 0.333. The Morgan fingerprint density at radius 2 is 2.04 bits per heavy atom. The number of nitrogens with zero attached hydrogens (tertiary/aromatic N) is 1. The molecule has 3 rings (SSSR count). The molecule has 1 aliphatic carbocycles. The van der Waals surface area contributed by atoms with Crippen molar-refractivity contribution in [2.75, 3.05) is 6.61 Å². The number of pyridine rings is 1. The molecule has 0 atom stereocenters. The highest BCUT2D eigenvalue weighted by Gasteiger charge is 2.25. The number of halogens is 2. The summed E-state index contributed by atoms with van der Waals surface area (Å²) in [5.41, 5.74) is 1.10. The zero-order valence-electron chi connectivity index (χ0n) is 13.4. The average molecular weight is 365 g/mol.